The maximum atomic E-state index is 13.4. The van der Waals surface area contributed by atoms with Crippen molar-refractivity contribution < 1.29 is 46.9 Å². The van der Waals surface area contributed by atoms with Gasteiger partial charge in [0.25, 0.3) is 11.8 Å². The summed E-state index contributed by atoms with van der Waals surface area (Å²) < 4.78 is 52.7. The van der Waals surface area contributed by atoms with Crippen molar-refractivity contribution in [1.29, 1.82) is 0 Å². The number of rotatable bonds is 11. The molecule has 1 saturated carbocycles. The Bertz CT molecular complexity index is 2200. The molecule has 4 aromatic rings. The highest BCUT2D eigenvalue weighted by Crippen LogP contribution is 2.38. The third-order valence-corrected chi connectivity index (χ3v) is 11.4. The summed E-state index contributed by atoms with van der Waals surface area (Å²) in [6.45, 7) is 2.03. The Balaban J connectivity index is 0.859. The van der Waals surface area contributed by atoms with E-state index < -0.39 is 29.4 Å². The van der Waals surface area contributed by atoms with Crippen LogP contribution in [0.4, 0.5) is 29.3 Å². The van der Waals surface area contributed by atoms with Crippen molar-refractivity contribution in [2.75, 3.05) is 50.2 Å². The summed E-state index contributed by atoms with van der Waals surface area (Å²) in [6, 6.07) is 10.7. The lowest BCUT2D eigenvalue weighted by molar-refractivity contribution is -0.141. The first-order valence-corrected chi connectivity index (χ1v) is 19.5. The molecule has 4 heterocycles. The molecule has 2 aliphatic heterocycles. The topological polar surface area (TPSA) is 168 Å². The van der Waals surface area contributed by atoms with Crippen LogP contribution in [-0.2, 0) is 15.7 Å². The van der Waals surface area contributed by atoms with Gasteiger partial charge in [0.1, 0.15) is 17.1 Å². The largest absolute Gasteiger partial charge is 0.494 e. The molecule has 7 rings (SSSR count). The normalized spacial score (nSPS) is 20.6. The van der Waals surface area contributed by atoms with Crippen LogP contribution in [-0.4, -0.2) is 94.1 Å². The van der Waals surface area contributed by atoms with E-state index in [9.17, 15) is 37.5 Å². The van der Waals surface area contributed by atoms with Crippen LogP contribution in [0.15, 0.2) is 54.7 Å². The molecule has 0 unspecified atom stereocenters. The number of methoxy groups -OCH3 is 1. The number of piperidine rings is 1. The number of pyridine rings is 1. The Hall–Kier alpha value is -5.26. The van der Waals surface area contributed by atoms with E-state index in [-0.39, 0.29) is 54.6 Å². The number of nitrogens with zero attached hydrogens (tertiary/aromatic N) is 5. The smallest absolute Gasteiger partial charge is 0.433 e. The minimum absolute atomic E-state index is 0.00770. The van der Waals surface area contributed by atoms with Crippen LogP contribution in [0, 0.1) is 5.92 Å². The van der Waals surface area contributed by atoms with E-state index in [0.717, 1.165) is 31.4 Å². The number of anilines is 2. The van der Waals surface area contributed by atoms with Gasteiger partial charge in [-0.15, -0.1) is 0 Å². The summed E-state index contributed by atoms with van der Waals surface area (Å²) in [5, 5.41) is 21.9. The fraction of sp³-hybridized carbons (Fsp3) is 0.450. The molecule has 3 N–H and O–H groups in total. The van der Waals surface area contributed by atoms with Crippen molar-refractivity contribution in [3.63, 3.8) is 0 Å². The molecule has 0 radical (unpaired) electrons. The van der Waals surface area contributed by atoms with Crippen LogP contribution in [0.1, 0.15) is 83.9 Å². The SMILES string of the molecule is COc1cc2nn(C3CCC(O)(COCCC4CCN(C(=O)c5ccc(Cl)c(N6CCC(=O)NC6=O)c5)CC4)CC3)cc2cc1NC(=O)c1cccc(C(F)(F)F)n1. The van der Waals surface area contributed by atoms with Crippen molar-refractivity contribution >= 4 is 57.6 Å². The van der Waals surface area contributed by atoms with E-state index in [4.69, 9.17) is 26.2 Å². The van der Waals surface area contributed by atoms with Crippen LogP contribution in [0.3, 0.4) is 0 Å². The second kappa shape index (κ2) is 16.9. The van der Waals surface area contributed by atoms with Crippen LogP contribution >= 0.6 is 11.6 Å². The molecule has 0 atom stereocenters. The maximum Gasteiger partial charge on any atom is 0.433 e. The van der Waals surface area contributed by atoms with Crippen LogP contribution < -0.4 is 20.3 Å². The number of alkyl halides is 3. The number of imide groups is 1. The second-order valence-electron chi connectivity index (χ2n) is 15.0. The lowest BCUT2D eigenvalue weighted by Gasteiger charge is -2.36. The third-order valence-electron chi connectivity index (χ3n) is 11.1. The lowest BCUT2D eigenvalue weighted by atomic mass is 9.83. The molecule has 2 saturated heterocycles. The average molecular weight is 826 g/mol. The first kappa shape index (κ1) is 40.9. The highest BCUT2D eigenvalue weighted by Gasteiger charge is 2.36. The zero-order valence-corrected chi connectivity index (χ0v) is 32.4. The van der Waals surface area contributed by atoms with Crippen molar-refractivity contribution in [1.82, 2.24) is 25.0 Å². The van der Waals surface area contributed by atoms with E-state index in [2.05, 4.69) is 15.6 Å². The van der Waals surface area contributed by atoms with E-state index >= 15 is 0 Å². The Labute approximate surface area is 336 Å². The maximum absolute atomic E-state index is 13.4. The fourth-order valence-corrected chi connectivity index (χ4v) is 7.96. The number of nitrogens with one attached hydrogen (secondary N) is 2. The predicted molar refractivity (Wildman–Crippen MR) is 207 cm³/mol. The summed E-state index contributed by atoms with van der Waals surface area (Å²) in [5.41, 5.74) is -0.865. The van der Waals surface area contributed by atoms with E-state index in [0.29, 0.717) is 78.5 Å². The van der Waals surface area contributed by atoms with Gasteiger partial charge in [0.2, 0.25) is 5.91 Å². The van der Waals surface area contributed by atoms with Crippen LogP contribution in [0.2, 0.25) is 5.02 Å². The molecular formula is C40H43ClF3N7O7. The molecule has 0 bridgehead atoms. The molecule has 1 aliphatic carbocycles. The number of urea groups is 1. The van der Waals surface area contributed by atoms with Gasteiger partial charge in [0.15, 0.2) is 0 Å². The number of amides is 5. The number of fused-ring (bicyclic) bond motifs is 1. The summed E-state index contributed by atoms with van der Waals surface area (Å²) in [5.74, 6) is -0.673. The van der Waals surface area contributed by atoms with Crippen molar-refractivity contribution in [2.45, 2.75) is 69.2 Å². The lowest BCUT2D eigenvalue weighted by Crippen LogP contribution is -2.49. The molecule has 308 valence electrons. The number of hydrogen-bond donors (Lipinski definition) is 3. The van der Waals surface area contributed by atoms with Gasteiger partial charge in [-0.3, -0.25) is 29.3 Å². The minimum atomic E-state index is -4.69. The number of carbonyl (C=O) groups is 4. The van der Waals surface area contributed by atoms with E-state index in [1.165, 1.54) is 18.1 Å². The van der Waals surface area contributed by atoms with Crippen molar-refractivity contribution in [3.8, 4) is 5.75 Å². The zero-order chi connectivity index (χ0) is 41.2. The summed E-state index contributed by atoms with van der Waals surface area (Å²) >= 11 is 6.36. The number of benzene rings is 2. The van der Waals surface area contributed by atoms with Gasteiger partial charge in [-0.2, -0.15) is 18.3 Å². The molecule has 3 fully saturated rings. The number of ether oxygens (including phenoxy) is 2. The van der Waals surface area contributed by atoms with Gasteiger partial charge in [-0.1, -0.05) is 17.7 Å². The quantitative estimate of drug-likeness (QED) is 0.141. The highest BCUT2D eigenvalue weighted by atomic mass is 35.5. The van der Waals surface area contributed by atoms with E-state index in [1.54, 1.807) is 35.2 Å². The van der Waals surface area contributed by atoms with Gasteiger partial charge in [0.05, 0.1) is 47.3 Å². The van der Waals surface area contributed by atoms with E-state index in [1.807, 2.05) is 10.9 Å². The number of carbonyl (C=O) groups excluding carboxylic acids is 4. The molecule has 2 aromatic carbocycles. The molecule has 58 heavy (non-hydrogen) atoms. The zero-order valence-electron chi connectivity index (χ0n) is 31.7. The molecular weight excluding hydrogens is 783 g/mol. The number of aromatic nitrogens is 3. The highest BCUT2D eigenvalue weighted by molar-refractivity contribution is 6.34. The fourth-order valence-electron chi connectivity index (χ4n) is 7.75. The molecule has 5 amide bonds. The minimum Gasteiger partial charge on any atom is -0.494 e. The summed E-state index contributed by atoms with van der Waals surface area (Å²) in [6.07, 6.45) is 2.04. The Kier molecular flexibility index (Phi) is 11.9. The molecule has 0 spiro atoms. The number of halogens is 4. The van der Waals surface area contributed by atoms with Crippen LogP contribution in [0.25, 0.3) is 10.9 Å². The monoisotopic (exact) mass is 825 g/mol. The summed E-state index contributed by atoms with van der Waals surface area (Å²) in [4.78, 5) is 56.8. The molecule has 2 aromatic heterocycles. The van der Waals surface area contributed by atoms with Gasteiger partial charge in [-0.05, 0) is 87.3 Å². The van der Waals surface area contributed by atoms with Gasteiger partial charge in [0, 0.05) is 55.9 Å². The first-order valence-electron chi connectivity index (χ1n) is 19.1. The standard InChI is InChI=1S/C40H43ClF3N7O7/c1-57-33-21-30-26(19-31(33)46-36(53)29-3-2-4-34(45-29)40(42,43)44)22-51(48-30)27-7-13-39(56,14-8-27)23-58-18-12-24-9-15-49(16-10-24)37(54)25-5-6-28(41)32(20-25)50-17-11-35(52)47-38(50)55/h2-6,19-22,24,27,56H,7-18,23H2,1H3,(H,46,53)(H,47,52,55). The first-order chi connectivity index (χ1) is 27.7. The van der Waals surface area contributed by atoms with Gasteiger partial charge in [-0.25, -0.2) is 9.78 Å². The second-order valence-corrected chi connectivity index (χ2v) is 15.4. The Morgan fingerprint density at radius 1 is 1.05 bits per heavy atom. The third kappa shape index (κ3) is 9.21. The average Bonchev–Trinajstić information content (AvgIpc) is 3.62. The number of likely N-dealkylation sites (tertiary alicyclic amines) is 1. The molecule has 14 nitrogen and oxygen atoms in total. The number of aliphatic hydroxyl groups is 1. The van der Waals surface area contributed by atoms with Gasteiger partial charge >= 0.3 is 12.2 Å². The van der Waals surface area contributed by atoms with Crippen molar-refractivity contribution in [2.24, 2.45) is 5.92 Å². The molecule has 18 heteroatoms. The Morgan fingerprint density at radius 3 is 2.52 bits per heavy atom. The van der Waals surface area contributed by atoms with Gasteiger partial charge < -0.3 is 24.8 Å². The number of hydrogen-bond acceptors (Lipinski definition) is 9. The Morgan fingerprint density at radius 2 is 1.81 bits per heavy atom. The van der Waals surface area contributed by atoms with Crippen molar-refractivity contribution in [3.05, 3.63) is 76.7 Å². The van der Waals surface area contributed by atoms with Crippen LogP contribution in [0.5, 0.6) is 5.75 Å². The summed E-state index contributed by atoms with van der Waals surface area (Å²) in [7, 11) is 1.41. The predicted octanol–water partition coefficient (Wildman–Crippen LogP) is 6.62. The molecule has 3 aliphatic rings.